The van der Waals surface area contributed by atoms with Crippen molar-refractivity contribution in [3.05, 3.63) is 48.0 Å². The number of carbonyl (C=O) groups excluding carboxylic acids is 1. The van der Waals surface area contributed by atoms with E-state index >= 15 is 0 Å². The average molecular weight is 391 g/mol. The lowest BCUT2D eigenvalue weighted by Gasteiger charge is -2.32. The molecular weight excluding hydrogens is 364 g/mol. The fourth-order valence-electron chi connectivity index (χ4n) is 3.62. The molecule has 0 unspecified atom stereocenters. The molecule has 8 heteroatoms. The number of nitrogens with zero attached hydrogens (tertiary/aromatic N) is 3. The lowest BCUT2D eigenvalue weighted by atomic mass is 10.0. The van der Waals surface area contributed by atoms with E-state index in [0.29, 0.717) is 19.6 Å². The first-order valence-electron chi connectivity index (χ1n) is 9.12. The van der Waals surface area contributed by atoms with Crippen molar-refractivity contribution in [2.75, 3.05) is 25.1 Å². The number of nitrogens with one attached hydrogen (secondary N) is 1. The Kier molecular flexibility index (Phi) is 5.84. The number of rotatable bonds is 5. The number of para-hydroxylation sites is 1. The number of hydrogen-bond donors (Lipinski definition) is 1. The maximum absolute atomic E-state index is 12.6. The Balaban J connectivity index is 1.64. The van der Waals surface area contributed by atoms with Crippen molar-refractivity contribution < 1.29 is 13.2 Å². The summed E-state index contributed by atoms with van der Waals surface area (Å²) in [5.74, 6) is 1.04. The highest BCUT2D eigenvalue weighted by molar-refractivity contribution is 7.90. The fourth-order valence-corrected chi connectivity index (χ4v) is 4.75. The zero-order chi connectivity index (χ0) is 19.4. The number of aryl methyl sites for hydroxylation is 1. The monoisotopic (exact) mass is 390 g/mol. The summed E-state index contributed by atoms with van der Waals surface area (Å²) in [6.07, 6.45) is 6.58. The number of imidazole rings is 1. The summed E-state index contributed by atoms with van der Waals surface area (Å²) in [6, 6.07) is 7.74. The van der Waals surface area contributed by atoms with Crippen LogP contribution in [0.3, 0.4) is 0 Å². The van der Waals surface area contributed by atoms with Crippen LogP contribution < -0.4 is 5.32 Å². The summed E-state index contributed by atoms with van der Waals surface area (Å²) >= 11 is 0. The molecule has 146 valence electrons. The third kappa shape index (κ3) is 5.09. The van der Waals surface area contributed by atoms with E-state index in [1.807, 2.05) is 42.0 Å². The van der Waals surface area contributed by atoms with Crippen molar-refractivity contribution in [1.29, 1.82) is 0 Å². The second-order valence-corrected chi connectivity index (χ2v) is 9.36. The Morgan fingerprint density at radius 1 is 1.33 bits per heavy atom. The Labute approximate surface area is 160 Å². The Bertz CT molecular complexity index is 907. The largest absolute Gasteiger partial charge is 0.334 e. The van der Waals surface area contributed by atoms with Crippen LogP contribution in [-0.4, -0.2) is 54.0 Å². The fraction of sp³-hybridized carbons (Fsp3) is 0.474. The molecule has 2 amide bonds. The zero-order valence-corrected chi connectivity index (χ0v) is 16.6. The summed E-state index contributed by atoms with van der Waals surface area (Å²) in [7, 11) is -3.03. The van der Waals surface area contributed by atoms with Crippen LogP contribution in [0.5, 0.6) is 0 Å². The standard InChI is InChI=1S/C19H26N4O3S/c1-15-20-9-11-23(15)18-8-4-3-7-17(18)12-21-19(24)22-10-5-6-16(13-22)14-27(2,25)26/h3-4,7-9,11,16H,5-6,10,12-14H2,1-2H3,(H,21,24)/t16-/m0/s1. The molecular formula is C19H26N4O3S. The Morgan fingerprint density at radius 3 is 2.81 bits per heavy atom. The number of urea groups is 1. The van der Waals surface area contributed by atoms with Crippen LogP contribution in [0.4, 0.5) is 4.79 Å². The van der Waals surface area contributed by atoms with Crippen LogP contribution in [0.2, 0.25) is 0 Å². The maximum Gasteiger partial charge on any atom is 0.317 e. The molecule has 0 spiro atoms. The third-order valence-corrected chi connectivity index (χ3v) is 5.93. The predicted octanol–water partition coefficient (Wildman–Crippen LogP) is 2.15. The van der Waals surface area contributed by atoms with Gasteiger partial charge in [-0.15, -0.1) is 0 Å². The SMILES string of the molecule is Cc1nccn1-c1ccccc1CNC(=O)N1CCC[C@H](CS(C)(=O)=O)C1. The van der Waals surface area contributed by atoms with Gasteiger partial charge >= 0.3 is 6.03 Å². The molecule has 2 aromatic rings. The number of carbonyl (C=O) groups is 1. The Hall–Kier alpha value is -2.35. The quantitative estimate of drug-likeness (QED) is 0.848. The molecule has 1 N–H and O–H groups in total. The van der Waals surface area contributed by atoms with Gasteiger partial charge in [-0.1, -0.05) is 18.2 Å². The van der Waals surface area contributed by atoms with E-state index in [2.05, 4.69) is 10.3 Å². The van der Waals surface area contributed by atoms with E-state index in [-0.39, 0.29) is 17.7 Å². The molecule has 0 radical (unpaired) electrons. The average Bonchev–Trinajstić information content (AvgIpc) is 3.04. The lowest BCUT2D eigenvalue weighted by Crippen LogP contribution is -2.46. The summed E-state index contributed by atoms with van der Waals surface area (Å²) in [6.45, 7) is 3.49. The van der Waals surface area contributed by atoms with E-state index in [1.54, 1.807) is 11.1 Å². The number of likely N-dealkylation sites (tertiary alicyclic amines) is 1. The molecule has 27 heavy (non-hydrogen) atoms. The molecule has 1 fully saturated rings. The zero-order valence-electron chi connectivity index (χ0n) is 15.8. The van der Waals surface area contributed by atoms with Crippen LogP contribution in [0.15, 0.2) is 36.7 Å². The minimum atomic E-state index is -3.03. The van der Waals surface area contributed by atoms with Gasteiger partial charge in [-0.05, 0) is 37.3 Å². The minimum Gasteiger partial charge on any atom is -0.334 e. The van der Waals surface area contributed by atoms with E-state index in [9.17, 15) is 13.2 Å². The van der Waals surface area contributed by atoms with Crippen molar-refractivity contribution in [2.24, 2.45) is 5.92 Å². The normalized spacial score (nSPS) is 17.7. The van der Waals surface area contributed by atoms with E-state index in [4.69, 9.17) is 0 Å². The molecule has 0 saturated carbocycles. The van der Waals surface area contributed by atoms with Gasteiger partial charge in [0.2, 0.25) is 0 Å². The summed E-state index contributed by atoms with van der Waals surface area (Å²) in [4.78, 5) is 18.6. The van der Waals surface area contributed by atoms with Gasteiger partial charge in [-0.3, -0.25) is 0 Å². The number of aromatic nitrogens is 2. The molecule has 1 aliphatic heterocycles. The molecule has 1 atom stereocenters. The Morgan fingerprint density at radius 2 is 2.11 bits per heavy atom. The maximum atomic E-state index is 12.6. The van der Waals surface area contributed by atoms with Crippen LogP contribution in [-0.2, 0) is 16.4 Å². The third-order valence-electron chi connectivity index (χ3n) is 4.85. The van der Waals surface area contributed by atoms with Crippen molar-refractivity contribution in [2.45, 2.75) is 26.3 Å². The lowest BCUT2D eigenvalue weighted by molar-refractivity contribution is 0.170. The first-order valence-corrected chi connectivity index (χ1v) is 11.2. The number of hydrogen-bond acceptors (Lipinski definition) is 4. The van der Waals surface area contributed by atoms with E-state index in [0.717, 1.165) is 29.9 Å². The van der Waals surface area contributed by atoms with Gasteiger partial charge in [0.05, 0.1) is 11.4 Å². The molecule has 1 aromatic carbocycles. The minimum absolute atomic E-state index is 0.0142. The number of amides is 2. The highest BCUT2D eigenvalue weighted by Gasteiger charge is 2.26. The van der Waals surface area contributed by atoms with Gasteiger partial charge < -0.3 is 14.8 Å². The first-order chi connectivity index (χ1) is 12.8. The van der Waals surface area contributed by atoms with Crippen LogP contribution in [0, 0.1) is 12.8 Å². The van der Waals surface area contributed by atoms with Gasteiger partial charge in [0, 0.05) is 38.3 Å². The summed E-state index contributed by atoms with van der Waals surface area (Å²) in [5, 5.41) is 2.98. The van der Waals surface area contributed by atoms with Crippen LogP contribution in [0.1, 0.15) is 24.2 Å². The molecule has 1 aromatic heterocycles. The molecule has 0 bridgehead atoms. The van der Waals surface area contributed by atoms with Gasteiger partial charge in [0.1, 0.15) is 15.7 Å². The topological polar surface area (TPSA) is 84.3 Å². The van der Waals surface area contributed by atoms with E-state index < -0.39 is 9.84 Å². The van der Waals surface area contributed by atoms with Crippen LogP contribution in [0.25, 0.3) is 5.69 Å². The first kappa shape index (κ1) is 19.4. The number of piperidine rings is 1. The van der Waals surface area contributed by atoms with Crippen LogP contribution >= 0.6 is 0 Å². The molecule has 2 heterocycles. The summed E-state index contributed by atoms with van der Waals surface area (Å²) in [5.41, 5.74) is 1.98. The highest BCUT2D eigenvalue weighted by Crippen LogP contribution is 2.19. The highest BCUT2D eigenvalue weighted by atomic mass is 32.2. The number of sulfone groups is 1. The van der Waals surface area contributed by atoms with Gasteiger partial charge in [-0.2, -0.15) is 0 Å². The van der Waals surface area contributed by atoms with Crippen molar-refractivity contribution in [3.8, 4) is 5.69 Å². The molecule has 1 aliphatic rings. The molecule has 3 rings (SSSR count). The molecule has 0 aliphatic carbocycles. The second-order valence-electron chi connectivity index (χ2n) is 7.18. The van der Waals surface area contributed by atoms with Crippen molar-refractivity contribution in [3.63, 3.8) is 0 Å². The summed E-state index contributed by atoms with van der Waals surface area (Å²) < 4.78 is 25.1. The van der Waals surface area contributed by atoms with E-state index in [1.165, 1.54) is 6.26 Å². The second kappa shape index (κ2) is 8.12. The van der Waals surface area contributed by atoms with Crippen molar-refractivity contribution in [1.82, 2.24) is 19.8 Å². The molecule has 7 nitrogen and oxygen atoms in total. The smallest absolute Gasteiger partial charge is 0.317 e. The van der Waals surface area contributed by atoms with Gasteiger partial charge in [0.15, 0.2) is 0 Å². The van der Waals surface area contributed by atoms with Gasteiger partial charge in [-0.25, -0.2) is 18.2 Å². The number of benzene rings is 1. The van der Waals surface area contributed by atoms with Gasteiger partial charge in [0.25, 0.3) is 0 Å². The predicted molar refractivity (Wildman–Crippen MR) is 105 cm³/mol. The molecule has 1 saturated heterocycles. The van der Waals surface area contributed by atoms with Crippen molar-refractivity contribution >= 4 is 15.9 Å².